The van der Waals surface area contributed by atoms with Crippen molar-refractivity contribution in [2.24, 2.45) is 0 Å². The molecule has 0 aliphatic heterocycles. The normalized spacial score (nSPS) is 11.9. The van der Waals surface area contributed by atoms with Crippen molar-refractivity contribution in [1.29, 1.82) is 0 Å². The third kappa shape index (κ3) is 3.55. The van der Waals surface area contributed by atoms with Gasteiger partial charge in [0.1, 0.15) is 0 Å². The Morgan fingerprint density at radius 2 is 0.745 bits per heavy atom. The lowest BCUT2D eigenvalue weighted by atomic mass is 9.99. The molecule has 4 nitrogen and oxygen atoms in total. The molecule has 220 valence electrons. The molecule has 3 heterocycles. The molecule has 3 aromatic heterocycles. The Bertz CT molecular complexity index is 2900. The fraction of sp³-hybridized carbons (Fsp3) is 0. The van der Waals surface area contributed by atoms with Gasteiger partial charge in [-0.1, -0.05) is 109 Å². The van der Waals surface area contributed by atoms with Crippen LogP contribution < -0.4 is 5.56 Å². The first-order valence-corrected chi connectivity index (χ1v) is 15.9. The number of pyridine rings is 1. The minimum absolute atomic E-state index is 0.0340. The highest BCUT2D eigenvalue weighted by molar-refractivity contribution is 6.28. The Morgan fingerprint density at radius 3 is 1.40 bits per heavy atom. The van der Waals surface area contributed by atoms with Gasteiger partial charge < -0.3 is 9.13 Å². The van der Waals surface area contributed by atoms with Gasteiger partial charge in [0, 0.05) is 44.0 Å². The maximum Gasteiger partial charge on any atom is 0.265 e. The quantitative estimate of drug-likeness (QED) is 0.185. The standard InChI is InChI=1S/C43H27N3O/c47-43-40-32(24-25-33-31-20-10-12-22-36(31)45(42(33)40)29-16-6-2-7-17-29)34-26-27-38-39(41(34)46(43)30-18-8-3-9-19-30)35-21-11-13-23-37(35)44(38)28-14-4-1-5-15-28/h1-27H. The number of benzene rings is 7. The number of fused-ring (bicyclic) bond motifs is 11. The lowest BCUT2D eigenvalue weighted by Gasteiger charge is -2.17. The zero-order valence-corrected chi connectivity index (χ0v) is 25.3. The average Bonchev–Trinajstić information content (AvgIpc) is 3.66. The largest absolute Gasteiger partial charge is 0.309 e. The second-order valence-electron chi connectivity index (χ2n) is 12.1. The van der Waals surface area contributed by atoms with E-state index >= 15 is 4.79 Å². The number of hydrogen-bond donors (Lipinski definition) is 0. The Balaban J connectivity index is 1.49. The summed E-state index contributed by atoms with van der Waals surface area (Å²) in [6, 6.07) is 56.7. The van der Waals surface area contributed by atoms with Gasteiger partial charge >= 0.3 is 0 Å². The predicted molar refractivity (Wildman–Crippen MR) is 196 cm³/mol. The summed E-state index contributed by atoms with van der Waals surface area (Å²) >= 11 is 0. The first kappa shape index (κ1) is 25.9. The van der Waals surface area contributed by atoms with E-state index in [4.69, 9.17) is 0 Å². The molecule has 0 saturated heterocycles. The van der Waals surface area contributed by atoms with Crippen molar-refractivity contribution >= 4 is 65.3 Å². The monoisotopic (exact) mass is 601 g/mol. The van der Waals surface area contributed by atoms with Crippen LogP contribution in [0.4, 0.5) is 0 Å². The van der Waals surface area contributed by atoms with Gasteiger partial charge in [0.15, 0.2) is 0 Å². The molecule has 4 heteroatoms. The Hall–Kier alpha value is -6.39. The van der Waals surface area contributed by atoms with Crippen molar-refractivity contribution in [2.45, 2.75) is 0 Å². The van der Waals surface area contributed by atoms with Gasteiger partial charge in [0.05, 0.1) is 33.0 Å². The van der Waals surface area contributed by atoms with Crippen LogP contribution in [0.2, 0.25) is 0 Å². The summed E-state index contributed by atoms with van der Waals surface area (Å²) in [5.41, 5.74) is 8.01. The molecular formula is C43H27N3O. The van der Waals surface area contributed by atoms with E-state index in [0.717, 1.165) is 77.0 Å². The zero-order chi connectivity index (χ0) is 31.1. The van der Waals surface area contributed by atoms with Gasteiger partial charge in [-0.05, 0) is 60.0 Å². The van der Waals surface area contributed by atoms with E-state index < -0.39 is 0 Å². The Morgan fingerprint density at radius 1 is 0.298 bits per heavy atom. The van der Waals surface area contributed by atoms with E-state index in [-0.39, 0.29) is 5.56 Å². The molecule has 0 amide bonds. The second kappa shape index (κ2) is 9.80. The number of para-hydroxylation sites is 5. The number of rotatable bonds is 3. The molecule has 7 aromatic carbocycles. The minimum atomic E-state index is -0.0340. The van der Waals surface area contributed by atoms with Crippen molar-refractivity contribution in [3.8, 4) is 17.1 Å². The number of aromatic nitrogens is 3. The summed E-state index contributed by atoms with van der Waals surface area (Å²) in [5.74, 6) is 0. The van der Waals surface area contributed by atoms with Crippen molar-refractivity contribution in [3.05, 3.63) is 174 Å². The molecule has 0 radical (unpaired) electrons. The van der Waals surface area contributed by atoms with Crippen LogP contribution in [0, 0.1) is 0 Å². The fourth-order valence-corrected chi connectivity index (χ4v) is 7.73. The number of nitrogens with zero attached hydrogens (tertiary/aromatic N) is 3. The smallest absolute Gasteiger partial charge is 0.265 e. The van der Waals surface area contributed by atoms with Gasteiger partial charge in [-0.15, -0.1) is 0 Å². The highest BCUT2D eigenvalue weighted by Gasteiger charge is 2.24. The fourth-order valence-electron chi connectivity index (χ4n) is 7.73. The van der Waals surface area contributed by atoms with Crippen LogP contribution in [0.15, 0.2) is 169 Å². The molecule has 0 fully saturated rings. The summed E-state index contributed by atoms with van der Waals surface area (Å²) in [6.07, 6.45) is 0. The van der Waals surface area contributed by atoms with Crippen molar-refractivity contribution in [2.75, 3.05) is 0 Å². The van der Waals surface area contributed by atoms with Crippen molar-refractivity contribution in [1.82, 2.24) is 13.7 Å². The molecule has 10 rings (SSSR count). The Kier molecular flexibility index (Phi) is 5.40. The molecule has 0 atom stereocenters. The van der Waals surface area contributed by atoms with E-state index in [9.17, 15) is 0 Å². The van der Waals surface area contributed by atoms with Crippen LogP contribution in [-0.2, 0) is 0 Å². The molecule has 10 aromatic rings. The number of hydrogen-bond acceptors (Lipinski definition) is 1. The highest BCUT2D eigenvalue weighted by atomic mass is 16.1. The van der Waals surface area contributed by atoms with E-state index in [2.05, 4.69) is 130 Å². The first-order chi connectivity index (χ1) is 23.3. The van der Waals surface area contributed by atoms with Crippen LogP contribution in [0.3, 0.4) is 0 Å². The second-order valence-corrected chi connectivity index (χ2v) is 12.1. The van der Waals surface area contributed by atoms with E-state index in [1.807, 2.05) is 47.0 Å². The van der Waals surface area contributed by atoms with Crippen LogP contribution >= 0.6 is 0 Å². The average molecular weight is 602 g/mol. The summed E-state index contributed by atoms with van der Waals surface area (Å²) < 4.78 is 6.52. The van der Waals surface area contributed by atoms with Crippen molar-refractivity contribution in [3.63, 3.8) is 0 Å². The molecule has 47 heavy (non-hydrogen) atoms. The van der Waals surface area contributed by atoms with Crippen LogP contribution in [0.5, 0.6) is 0 Å². The van der Waals surface area contributed by atoms with Crippen LogP contribution in [0.25, 0.3) is 82.3 Å². The maximum absolute atomic E-state index is 15.4. The van der Waals surface area contributed by atoms with Crippen LogP contribution in [0.1, 0.15) is 0 Å². The SMILES string of the molecule is O=c1c2c(ccc3c4ccccc4n(-c4ccccc4)c32)c2ccc3c(c4ccccc4n3-c3ccccc3)c2n1-c1ccccc1. The lowest BCUT2D eigenvalue weighted by Crippen LogP contribution is -2.20. The minimum Gasteiger partial charge on any atom is -0.309 e. The predicted octanol–water partition coefficient (Wildman–Crippen LogP) is 10.3. The van der Waals surface area contributed by atoms with E-state index in [1.165, 1.54) is 0 Å². The Labute approximate surface area is 269 Å². The molecule has 0 N–H and O–H groups in total. The molecule has 0 spiro atoms. The lowest BCUT2D eigenvalue weighted by molar-refractivity contribution is 1.06. The third-order valence-electron chi connectivity index (χ3n) is 9.62. The van der Waals surface area contributed by atoms with Gasteiger partial charge in [-0.3, -0.25) is 9.36 Å². The summed E-state index contributed by atoms with van der Waals surface area (Å²) in [4.78, 5) is 15.4. The molecular weight excluding hydrogens is 574 g/mol. The van der Waals surface area contributed by atoms with Gasteiger partial charge in [0.25, 0.3) is 5.56 Å². The molecule has 0 aliphatic carbocycles. The molecule has 0 unspecified atom stereocenters. The van der Waals surface area contributed by atoms with E-state index in [0.29, 0.717) is 5.39 Å². The summed E-state index contributed by atoms with van der Waals surface area (Å²) in [6.45, 7) is 0. The third-order valence-corrected chi connectivity index (χ3v) is 9.62. The van der Waals surface area contributed by atoms with Crippen molar-refractivity contribution < 1.29 is 0 Å². The highest BCUT2D eigenvalue weighted by Crippen LogP contribution is 2.42. The van der Waals surface area contributed by atoms with Gasteiger partial charge in [-0.25, -0.2) is 0 Å². The molecule has 0 saturated carbocycles. The zero-order valence-electron chi connectivity index (χ0n) is 25.3. The molecule has 0 bridgehead atoms. The molecule has 0 aliphatic rings. The topological polar surface area (TPSA) is 31.9 Å². The first-order valence-electron chi connectivity index (χ1n) is 15.9. The summed E-state index contributed by atoms with van der Waals surface area (Å²) in [7, 11) is 0. The van der Waals surface area contributed by atoms with E-state index in [1.54, 1.807) is 0 Å². The van der Waals surface area contributed by atoms with Crippen LogP contribution in [-0.4, -0.2) is 13.7 Å². The summed E-state index contributed by atoms with van der Waals surface area (Å²) in [5, 5.41) is 7.07. The van der Waals surface area contributed by atoms with Gasteiger partial charge in [0.2, 0.25) is 0 Å². The maximum atomic E-state index is 15.4. The van der Waals surface area contributed by atoms with Gasteiger partial charge in [-0.2, -0.15) is 0 Å².